The fourth-order valence-corrected chi connectivity index (χ4v) is 3.23. The number of ether oxygens (including phenoxy) is 2. The van der Waals surface area contributed by atoms with Gasteiger partial charge in [0.25, 0.3) is 0 Å². The molecule has 0 atom stereocenters. The van der Waals surface area contributed by atoms with Crippen molar-refractivity contribution in [1.82, 2.24) is 10.3 Å². The summed E-state index contributed by atoms with van der Waals surface area (Å²) in [5.41, 5.74) is 14.7. The molecule has 1 heterocycles. The maximum atomic E-state index is 12.5. The molecule has 0 aliphatic carbocycles. The van der Waals surface area contributed by atoms with Gasteiger partial charge in [0.2, 0.25) is 0 Å². The molecule has 0 aromatic heterocycles. The van der Waals surface area contributed by atoms with Crippen molar-refractivity contribution in [2.45, 2.75) is 19.0 Å². The van der Waals surface area contributed by atoms with Crippen molar-refractivity contribution in [1.29, 1.82) is 0 Å². The zero-order valence-electron chi connectivity index (χ0n) is 20.8. The van der Waals surface area contributed by atoms with Crippen LogP contribution in [0.1, 0.15) is 18.4 Å². The van der Waals surface area contributed by atoms with Gasteiger partial charge in [0.1, 0.15) is 18.7 Å². The molecule has 1 aliphatic heterocycles. The molecular formula is C24H35F3N8O2. The minimum absolute atomic E-state index is 0.240. The van der Waals surface area contributed by atoms with Gasteiger partial charge in [0, 0.05) is 36.9 Å². The standard InChI is InChI=1S/C24H35F3N8O2/c1-36-15-20(29)14-35(30)13-18(12-28)11-22-3-2-9-37-10-8-31-17-33-23(34-22)19-4-6-21(7-5-19)32-16-24(25,26)27/h4-7,11-12,14,17,32H,2-3,8-10,13,15-16,28-30H2,1H3,(H,31,33,34)/b18-12+,20-14-,22-11+. The average molecular weight is 525 g/mol. The molecule has 0 unspecified atom stereocenters. The van der Waals surface area contributed by atoms with Crippen LogP contribution in [0.3, 0.4) is 0 Å². The van der Waals surface area contributed by atoms with Gasteiger partial charge in [-0.15, -0.1) is 0 Å². The first-order valence-corrected chi connectivity index (χ1v) is 11.6. The lowest BCUT2D eigenvalue weighted by atomic mass is 10.1. The van der Waals surface area contributed by atoms with Gasteiger partial charge < -0.3 is 36.6 Å². The Morgan fingerprint density at radius 3 is 2.70 bits per heavy atom. The number of benzene rings is 1. The van der Waals surface area contributed by atoms with Gasteiger partial charge in [0.15, 0.2) is 0 Å². The summed E-state index contributed by atoms with van der Waals surface area (Å²) in [6, 6.07) is 6.47. The van der Waals surface area contributed by atoms with Crippen molar-refractivity contribution in [3.05, 3.63) is 65.3 Å². The molecule has 10 nitrogen and oxygen atoms in total. The molecular weight excluding hydrogens is 489 g/mol. The highest BCUT2D eigenvalue weighted by Gasteiger charge is 2.26. The molecule has 204 valence electrons. The number of nitrogens with zero attached hydrogens (tertiary/aromatic N) is 3. The molecule has 0 saturated carbocycles. The van der Waals surface area contributed by atoms with Gasteiger partial charge in [-0.1, -0.05) is 0 Å². The summed E-state index contributed by atoms with van der Waals surface area (Å²) in [6.45, 7) is 0.873. The monoisotopic (exact) mass is 524 g/mol. The second-order valence-corrected chi connectivity index (χ2v) is 8.11. The van der Waals surface area contributed by atoms with Crippen LogP contribution >= 0.6 is 0 Å². The number of nitrogens with one attached hydrogen (secondary N) is 2. The van der Waals surface area contributed by atoms with Crippen molar-refractivity contribution < 1.29 is 22.6 Å². The third-order valence-corrected chi connectivity index (χ3v) is 4.88. The Morgan fingerprint density at radius 2 is 2.03 bits per heavy atom. The number of rotatable bonds is 9. The molecule has 37 heavy (non-hydrogen) atoms. The van der Waals surface area contributed by atoms with Crippen molar-refractivity contribution in [3.8, 4) is 0 Å². The van der Waals surface area contributed by atoms with E-state index in [1.165, 1.54) is 24.7 Å². The molecule has 1 aliphatic rings. The van der Waals surface area contributed by atoms with E-state index in [0.29, 0.717) is 54.5 Å². The largest absolute Gasteiger partial charge is 0.405 e. The number of aliphatic imine (C=N–C) groups is 2. The summed E-state index contributed by atoms with van der Waals surface area (Å²) >= 11 is 0. The van der Waals surface area contributed by atoms with E-state index in [9.17, 15) is 13.2 Å². The Morgan fingerprint density at radius 1 is 1.27 bits per heavy atom. The molecule has 0 saturated heterocycles. The van der Waals surface area contributed by atoms with Gasteiger partial charge in [-0.25, -0.2) is 10.8 Å². The number of halogens is 3. The van der Waals surface area contributed by atoms with Crippen molar-refractivity contribution in [2.75, 3.05) is 51.9 Å². The summed E-state index contributed by atoms with van der Waals surface area (Å²) in [5, 5.41) is 7.07. The number of nitrogens with two attached hydrogens (primary N) is 3. The van der Waals surface area contributed by atoms with Crippen LogP contribution in [0, 0.1) is 0 Å². The third-order valence-electron chi connectivity index (χ3n) is 4.88. The Kier molecular flexibility index (Phi) is 12.5. The number of hydrogen-bond acceptors (Lipinski definition) is 10. The van der Waals surface area contributed by atoms with Crippen molar-refractivity contribution >= 4 is 17.9 Å². The second kappa shape index (κ2) is 15.5. The lowest BCUT2D eigenvalue weighted by molar-refractivity contribution is -0.115. The van der Waals surface area contributed by atoms with E-state index >= 15 is 0 Å². The highest BCUT2D eigenvalue weighted by Crippen LogP contribution is 2.18. The Labute approximate surface area is 214 Å². The molecule has 0 spiro atoms. The van der Waals surface area contributed by atoms with E-state index in [1.54, 1.807) is 30.5 Å². The zero-order valence-corrected chi connectivity index (χ0v) is 20.8. The number of hydrogen-bond donors (Lipinski definition) is 5. The lowest BCUT2D eigenvalue weighted by Gasteiger charge is -2.18. The van der Waals surface area contributed by atoms with Crippen LogP contribution in [0.25, 0.3) is 0 Å². The molecule has 1 aromatic carbocycles. The van der Waals surface area contributed by atoms with E-state index in [1.807, 2.05) is 6.08 Å². The maximum absolute atomic E-state index is 12.5. The van der Waals surface area contributed by atoms with Gasteiger partial charge >= 0.3 is 6.18 Å². The Balaban J connectivity index is 2.27. The predicted octanol–water partition coefficient (Wildman–Crippen LogP) is 2.18. The van der Waals surface area contributed by atoms with Gasteiger partial charge in [-0.2, -0.15) is 13.2 Å². The third kappa shape index (κ3) is 12.3. The van der Waals surface area contributed by atoms with Gasteiger partial charge in [0.05, 0.1) is 32.0 Å². The average Bonchev–Trinajstić information content (AvgIpc) is 2.83. The summed E-state index contributed by atoms with van der Waals surface area (Å²) < 4.78 is 48.1. The zero-order chi connectivity index (χ0) is 27.1. The van der Waals surface area contributed by atoms with E-state index in [-0.39, 0.29) is 13.2 Å². The maximum Gasteiger partial charge on any atom is 0.405 e. The van der Waals surface area contributed by atoms with Crippen LogP contribution in [0.5, 0.6) is 0 Å². The van der Waals surface area contributed by atoms with E-state index < -0.39 is 12.7 Å². The number of allylic oxidation sites excluding steroid dienone is 1. The van der Waals surface area contributed by atoms with Crippen LogP contribution in [0.4, 0.5) is 18.9 Å². The van der Waals surface area contributed by atoms with E-state index in [0.717, 1.165) is 12.1 Å². The van der Waals surface area contributed by atoms with Crippen molar-refractivity contribution in [2.24, 2.45) is 27.3 Å². The Bertz CT molecular complexity index is 989. The fourth-order valence-electron chi connectivity index (χ4n) is 3.23. The molecule has 0 radical (unpaired) electrons. The summed E-state index contributed by atoms with van der Waals surface area (Å²) in [4.78, 5) is 8.66. The lowest BCUT2D eigenvalue weighted by Crippen LogP contribution is -2.30. The predicted molar refractivity (Wildman–Crippen MR) is 139 cm³/mol. The second-order valence-electron chi connectivity index (χ2n) is 8.11. The molecule has 1 aromatic rings. The molecule has 0 amide bonds. The van der Waals surface area contributed by atoms with Crippen LogP contribution in [-0.2, 0) is 9.47 Å². The van der Waals surface area contributed by atoms with Crippen molar-refractivity contribution in [3.63, 3.8) is 0 Å². The SMILES string of the molecule is COC/C(N)=C/N(N)CC(=C/N)/C=C1\CCCOCCN=CN=C(c2ccc(NCC(F)(F)F)cc2)N1. The van der Waals surface area contributed by atoms with E-state index in [2.05, 4.69) is 20.6 Å². The molecule has 0 bridgehead atoms. The van der Waals surface area contributed by atoms with Crippen LogP contribution in [-0.4, -0.2) is 69.9 Å². The summed E-state index contributed by atoms with van der Waals surface area (Å²) in [5.74, 6) is 6.52. The minimum atomic E-state index is -4.31. The minimum Gasteiger partial charge on any atom is -0.404 e. The number of alkyl halides is 3. The molecule has 13 heteroatoms. The van der Waals surface area contributed by atoms with Crippen LogP contribution in [0.2, 0.25) is 0 Å². The van der Waals surface area contributed by atoms with Gasteiger partial charge in [-0.3, -0.25) is 4.99 Å². The van der Waals surface area contributed by atoms with Crippen LogP contribution < -0.4 is 27.9 Å². The molecule has 2 rings (SSSR count). The number of hydrazine groups is 1. The first-order valence-electron chi connectivity index (χ1n) is 11.6. The quantitative estimate of drug-likeness (QED) is 0.244. The van der Waals surface area contributed by atoms with E-state index in [4.69, 9.17) is 26.8 Å². The molecule has 0 fully saturated rings. The fraction of sp³-hybridized carbons (Fsp3) is 0.417. The summed E-state index contributed by atoms with van der Waals surface area (Å²) in [6.07, 6.45) is 3.32. The topological polar surface area (TPSA) is 149 Å². The highest BCUT2D eigenvalue weighted by atomic mass is 19.4. The first kappa shape index (κ1) is 29.7. The number of methoxy groups -OCH3 is 1. The highest BCUT2D eigenvalue weighted by molar-refractivity contribution is 6.03. The molecule has 8 N–H and O–H groups in total. The van der Waals surface area contributed by atoms with Crippen LogP contribution in [0.15, 0.2) is 69.7 Å². The Hall–Kier alpha value is -3.55. The first-order chi connectivity index (χ1) is 17.7. The normalized spacial score (nSPS) is 17.4. The van der Waals surface area contributed by atoms with Gasteiger partial charge in [-0.05, 0) is 55.0 Å². The summed E-state index contributed by atoms with van der Waals surface area (Å²) in [7, 11) is 1.53. The number of anilines is 1. The smallest absolute Gasteiger partial charge is 0.404 e. The number of amidine groups is 1.